The summed E-state index contributed by atoms with van der Waals surface area (Å²) >= 11 is 0. The van der Waals surface area contributed by atoms with Crippen LogP contribution in [0.4, 0.5) is 10.5 Å². The molecule has 1 aromatic heterocycles. The molecule has 26 heavy (non-hydrogen) atoms. The molecule has 6 nitrogen and oxygen atoms in total. The predicted octanol–water partition coefficient (Wildman–Crippen LogP) is 3.54. The van der Waals surface area contributed by atoms with Gasteiger partial charge in [0.2, 0.25) is 5.91 Å². The number of fused-ring (bicyclic) bond motifs is 1. The lowest BCUT2D eigenvalue weighted by Crippen LogP contribution is -2.52. The largest absolute Gasteiger partial charge is 0.497 e. The molecule has 2 heterocycles. The number of anilines is 1. The van der Waals surface area contributed by atoms with Crippen molar-refractivity contribution in [2.45, 2.75) is 13.0 Å². The van der Waals surface area contributed by atoms with Gasteiger partial charge in [-0.1, -0.05) is 18.2 Å². The average molecular weight is 349 g/mol. The summed E-state index contributed by atoms with van der Waals surface area (Å²) in [5.74, 6) is 0.592. The summed E-state index contributed by atoms with van der Waals surface area (Å²) in [6.45, 7) is 0.641. The maximum Gasteiger partial charge on any atom is 0.331 e. The summed E-state index contributed by atoms with van der Waals surface area (Å²) in [6.07, 6.45) is 2.16. The third-order valence-corrected chi connectivity index (χ3v) is 4.67. The van der Waals surface area contributed by atoms with Crippen LogP contribution in [0.3, 0.4) is 0 Å². The molecule has 1 N–H and O–H groups in total. The zero-order chi connectivity index (χ0) is 18.1. The molecular formula is C20H19N3O3. The Bertz CT molecular complexity index is 962. The highest BCUT2D eigenvalue weighted by Crippen LogP contribution is 2.29. The Balaban J connectivity index is 1.62. The number of amides is 3. The van der Waals surface area contributed by atoms with E-state index in [1.807, 2.05) is 54.7 Å². The van der Waals surface area contributed by atoms with Crippen LogP contribution in [0.1, 0.15) is 12.0 Å². The Kier molecular flexibility index (Phi) is 4.08. The number of aromatic amines is 1. The fourth-order valence-corrected chi connectivity index (χ4v) is 3.29. The quantitative estimate of drug-likeness (QED) is 0.783. The van der Waals surface area contributed by atoms with Crippen molar-refractivity contribution in [3.05, 3.63) is 60.3 Å². The van der Waals surface area contributed by atoms with E-state index < -0.39 is 0 Å². The van der Waals surface area contributed by atoms with Crippen LogP contribution in [0, 0.1) is 0 Å². The third kappa shape index (κ3) is 2.79. The SMILES string of the molecule is COc1ccc(CN2C(=O)CCN(c3cccc4[nH]ccc34)C2=O)cc1. The van der Waals surface area contributed by atoms with Crippen LogP contribution in [0.5, 0.6) is 5.75 Å². The van der Waals surface area contributed by atoms with Crippen LogP contribution in [0.2, 0.25) is 0 Å². The zero-order valence-corrected chi connectivity index (χ0v) is 14.4. The van der Waals surface area contributed by atoms with Gasteiger partial charge in [-0.2, -0.15) is 0 Å². The summed E-state index contributed by atoms with van der Waals surface area (Å²) in [5, 5.41) is 0.972. The number of ether oxygens (including phenoxy) is 1. The zero-order valence-electron chi connectivity index (χ0n) is 14.4. The van der Waals surface area contributed by atoms with Crippen molar-refractivity contribution in [2.24, 2.45) is 0 Å². The maximum absolute atomic E-state index is 13.0. The maximum atomic E-state index is 13.0. The van der Waals surface area contributed by atoms with Crippen LogP contribution in [-0.2, 0) is 11.3 Å². The Morgan fingerprint density at radius 1 is 1.08 bits per heavy atom. The molecule has 0 radical (unpaired) electrons. The number of aromatic nitrogens is 1. The molecule has 6 heteroatoms. The first-order chi connectivity index (χ1) is 12.7. The van der Waals surface area contributed by atoms with Crippen molar-refractivity contribution in [3.8, 4) is 5.75 Å². The molecule has 0 bridgehead atoms. The smallest absolute Gasteiger partial charge is 0.331 e. The van der Waals surface area contributed by atoms with Gasteiger partial charge in [0.1, 0.15) is 5.75 Å². The number of nitrogens with zero attached hydrogens (tertiary/aromatic N) is 2. The highest BCUT2D eigenvalue weighted by Gasteiger charge is 2.33. The van der Waals surface area contributed by atoms with Gasteiger partial charge in [-0.3, -0.25) is 14.6 Å². The number of urea groups is 1. The summed E-state index contributed by atoms with van der Waals surface area (Å²) in [4.78, 5) is 31.5. The Hall–Kier alpha value is -3.28. The number of benzene rings is 2. The molecule has 0 spiro atoms. The second-order valence-electron chi connectivity index (χ2n) is 6.23. The van der Waals surface area contributed by atoms with E-state index in [-0.39, 0.29) is 18.5 Å². The minimum absolute atomic E-state index is 0.150. The predicted molar refractivity (Wildman–Crippen MR) is 99.2 cm³/mol. The number of imide groups is 1. The first-order valence-electron chi connectivity index (χ1n) is 8.48. The van der Waals surface area contributed by atoms with Crippen molar-refractivity contribution in [3.63, 3.8) is 0 Å². The fourth-order valence-electron chi connectivity index (χ4n) is 3.29. The van der Waals surface area contributed by atoms with Gasteiger partial charge in [0.15, 0.2) is 0 Å². The molecular weight excluding hydrogens is 330 g/mol. The molecule has 2 aromatic carbocycles. The number of hydrogen-bond acceptors (Lipinski definition) is 3. The molecule has 1 aliphatic heterocycles. The third-order valence-electron chi connectivity index (χ3n) is 4.67. The van der Waals surface area contributed by atoms with E-state index >= 15 is 0 Å². The lowest BCUT2D eigenvalue weighted by atomic mass is 10.1. The second kappa shape index (κ2) is 6.55. The number of methoxy groups -OCH3 is 1. The number of carbonyl (C=O) groups excluding carboxylic acids is 2. The molecule has 0 aliphatic carbocycles. The van der Waals surface area contributed by atoms with Gasteiger partial charge in [0, 0.05) is 30.1 Å². The molecule has 0 atom stereocenters. The highest BCUT2D eigenvalue weighted by molar-refractivity contribution is 6.09. The molecule has 1 aliphatic rings. The van der Waals surface area contributed by atoms with Crippen LogP contribution in [0.15, 0.2) is 54.7 Å². The van der Waals surface area contributed by atoms with Gasteiger partial charge in [0.05, 0.1) is 19.3 Å². The normalized spacial score (nSPS) is 15.0. The van der Waals surface area contributed by atoms with Gasteiger partial charge in [-0.25, -0.2) is 4.79 Å². The number of carbonyl (C=O) groups is 2. The highest BCUT2D eigenvalue weighted by atomic mass is 16.5. The molecule has 0 saturated carbocycles. The Labute approximate surface area is 151 Å². The topological polar surface area (TPSA) is 65.6 Å². The first-order valence-corrected chi connectivity index (χ1v) is 8.48. The van der Waals surface area contributed by atoms with Gasteiger partial charge >= 0.3 is 6.03 Å². The van der Waals surface area contributed by atoms with Crippen molar-refractivity contribution in [1.29, 1.82) is 0 Å². The number of nitrogens with one attached hydrogen (secondary N) is 1. The first kappa shape index (κ1) is 16.2. The monoisotopic (exact) mass is 349 g/mol. The molecule has 132 valence electrons. The number of H-pyrrole nitrogens is 1. The number of hydrogen-bond donors (Lipinski definition) is 1. The summed E-state index contributed by atoms with van der Waals surface area (Å²) < 4.78 is 5.15. The minimum Gasteiger partial charge on any atom is -0.497 e. The number of rotatable bonds is 4. The second-order valence-corrected chi connectivity index (χ2v) is 6.23. The summed E-state index contributed by atoms with van der Waals surface area (Å²) in [6, 6.07) is 14.8. The minimum atomic E-state index is -0.286. The molecule has 4 rings (SSSR count). The Morgan fingerprint density at radius 3 is 2.65 bits per heavy atom. The van der Waals surface area contributed by atoms with Gasteiger partial charge in [0.25, 0.3) is 0 Å². The van der Waals surface area contributed by atoms with Crippen molar-refractivity contribution >= 4 is 28.5 Å². The van der Waals surface area contributed by atoms with Crippen molar-refractivity contribution in [2.75, 3.05) is 18.6 Å². The van der Waals surface area contributed by atoms with Crippen molar-refractivity contribution in [1.82, 2.24) is 9.88 Å². The van der Waals surface area contributed by atoms with Gasteiger partial charge in [-0.05, 0) is 35.9 Å². The van der Waals surface area contributed by atoms with Crippen LogP contribution < -0.4 is 9.64 Å². The van der Waals surface area contributed by atoms with E-state index in [9.17, 15) is 9.59 Å². The van der Waals surface area contributed by atoms with E-state index in [0.29, 0.717) is 13.0 Å². The van der Waals surface area contributed by atoms with Crippen LogP contribution >= 0.6 is 0 Å². The molecule has 3 amide bonds. The lowest BCUT2D eigenvalue weighted by molar-refractivity contribution is -0.129. The molecule has 1 fully saturated rings. The average Bonchev–Trinajstić information content (AvgIpc) is 3.15. The fraction of sp³-hybridized carbons (Fsp3) is 0.200. The van der Waals surface area contributed by atoms with Crippen molar-refractivity contribution < 1.29 is 14.3 Å². The van der Waals surface area contributed by atoms with E-state index in [0.717, 1.165) is 27.9 Å². The van der Waals surface area contributed by atoms with Gasteiger partial charge in [-0.15, -0.1) is 0 Å². The molecule has 3 aromatic rings. The van der Waals surface area contributed by atoms with Crippen LogP contribution in [0.25, 0.3) is 10.9 Å². The standard InChI is InChI=1S/C20H19N3O3/c1-26-15-7-5-14(6-8-15)13-23-19(24)10-12-22(20(23)25)18-4-2-3-17-16(18)9-11-21-17/h2-9,11,21H,10,12-13H2,1H3. The Morgan fingerprint density at radius 2 is 1.88 bits per heavy atom. The van der Waals surface area contributed by atoms with E-state index in [2.05, 4.69) is 4.98 Å². The molecule has 1 saturated heterocycles. The van der Waals surface area contributed by atoms with E-state index in [4.69, 9.17) is 4.74 Å². The van der Waals surface area contributed by atoms with E-state index in [1.165, 1.54) is 4.90 Å². The lowest BCUT2D eigenvalue weighted by Gasteiger charge is -2.34. The molecule has 0 unspecified atom stereocenters. The van der Waals surface area contributed by atoms with Crippen LogP contribution in [-0.4, -0.2) is 35.5 Å². The van der Waals surface area contributed by atoms with E-state index in [1.54, 1.807) is 12.0 Å². The van der Waals surface area contributed by atoms with Gasteiger partial charge < -0.3 is 9.72 Å². The summed E-state index contributed by atoms with van der Waals surface area (Å²) in [5.41, 5.74) is 2.67. The summed E-state index contributed by atoms with van der Waals surface area (Å²) in [7, 11) is 1.60.